The van der Waals surface area contributed by atoms with Crippen molar-refractivity contribution < 1.29 is 0 Å². The van der Waals surface area contributed by atoms with Gasteiger partial charge in [0.2, 0.25) is 0 Å². The lowest BCUT2D eigenvalue weighted by Gasteiger charge is -2.17. The molecule has 1 heterocycles. The van der Waals surface area contributed by atoms with Crippen molar-refractivity contribution >= 4 is 0 Å². The lowest BCUT2D eigenvalue weighted by atomic mass is 9.90. The summed E-state index contributed by atoms with van der Waals surface area (Å²) >= 11 is 0. The van der Waals surface area contributed by atoms with Crippen molar-refractivity contribution in [3.05, 3.63) is 51.3 Å². The van der Waals surface area contributed by atoms with Gasteiger partial charge in [0.05, 0.1) is 5.69 Å². The maximum Gasteiger partial charge on any atom is 0.271 e. The Morgan fingerprint density at radius 2 is 1.96 bits per heavy atom. The van der Waals surface area contributed by atoms with Gasteiger partial charge in [0.25, 0.3) is 5.56 Å². The van der Waals surface area contributed by atoms with Crippen LogP contribution in [0.15, 0.2) is 29.1 Å². The van der Waals surface area contributed by atoms with Gasteiger partial charge in [0.15, 0.2) is 0 Å². The first kappa shape index (κ1) is 14.6. The molecule has 1 fully saturated rings. The molecule has 0 spiro atoms. The molecule has 1 aromatic carbocycles. The zero-order valence-corrected chi connectivity index (χ0v) is 13.6. The Morgan fingerprint density at radius 1 is 1.17 bits per heavy atom. The summed E-state index contributed by atoms with van der Waals surface area (Å²) in [5.41, 5.74) is 5.74. The van der Waals surface area contributed by atoms with E-state index in [4.69, 9.17) is 0 Å². The Hall–Kier alpha value is -1.94. The third-order valence-electron chi connectivity index (χ3n) is 4.94. The predicted octanol–water partition coefficient (Wildman–Crippen LogP) is 2.58. The highest BCUT2D eigenvalue weighted by atomic mass is 16.1. The predicted molar refractivity (Wildman–Crippen MR) is 91.4 cm³/mol. The van der Waals surface area contributed by atoms with Gasteiger partial charge in [-0.1, -0.05) is 12.1 Å². The average Bonchev–Trinajstić information content (AvgIpc) is 3.40. The van der Waals surface area contributed by atoms with E-state index in [2.05, 4.69) is 28.6 Å². The second-order valence-electron chi connectivity index (χ2n) is 6.83. The molecule has 1 aromatic heterocycles. The monoisotopic (exact) mass is 309 g/mol. The van der Waals surface area contributed by atoms with Crippen LogP contribution >= 0.6 is 0 Å². The van der Waals surface area contributed by atoms with Crippen LogP contribution in [0.3, 0.4) is 0 Å². The molecule has 0 bridgehead atoms. The van der Waals surface area contributed by atoms with Crippen molar-refractivity contribution in [2.45, 2.75) is 51.1 Å². The summed E-state index contributed by atoms with van der Waals surface area (Å²) in [7, 11) is 1.74. The third-order valence-corrected chi connectivity index (χ3v) is 4.94. The summed E-state index contributed by atoms with van der Waals surface area (Å²) in [6.07, 6.45) is 7.36. The molecule has 0 atom stereocenters. The fourth-order valence-electron chi connectivity index (χ4n) is 3.37. The molecule has 23 heavy (non-hydrogen) atoms. The van der Waals surface area contributed by atoms with E-state index in [1.54, 1.807) is 7.05 Å². The number of benzene rings is 1. The van der Waals surface area contributed by atoms with Gasteiger partial charge in [0.1, 0.15) is 0 Å². The minimum absolute atomic E-state index is 0.000130. The van der Waals surface area contributed by atoms with Crippen molar-refractivity contribution in [1.82, 2.24) is 15.1 Å². The molecule has 1 saturated carbocycles. The number of hydrogen-bond acceptors (Lipinski definition) is 3. The highest BCUT2D eigenvalue weighted by molar-refractivity contribution is 5.61. The van der Waals surface area contributed by atoms with Gasteiger partial charge >= 0.3 is 0 Å². The first-order valence-electron chi connectivity index (χ1n) is 8.63. The number of aryl methyl sites for hydroxylation is 3. The summed E-state index contributed by atoms with van der Waals surface area (Å²) < 4.78 is 1.47. The molecule has 120 valence electrons. The molecule has 0 unspecified atom stereocenters. The molecule has 0 saturated heterocycles. The minimum Gasteiger partial charge on any atom is -0.310 e. The SMILES string of the molecule is Cn1nc(-c2ccc3c(c2)CCCC3)cc(CNC2CC2)c1=O. The smallest absolute Gasteiger partial charge is 0.271 e. The van der Waals surface area contributed by atoms with E-state index in [1.807, 2.05) is 6.07 Å². The van der Waals surface area contributed by atoms with Gasteiger partial charge in [0, 0.05) is 30.8 Å². The van der Waals surface area contributed by atoms with Crippen molar-refractivity contribution in [3.8, 4) is 11.3 Å². The minimum atomic E-state index is -0.000130. The largest absolute Gasteiger partial charge is 0.310 e. The summed E-state index contributed by atoms with van der Waals surface area (Å²) in [5, 5.41) is 7.90. The van der Waals surface area contributed by atoms with Crippen LogP contribution in [0, 0.1) is 0 Å². The molecule has 4 nitrogen and oxygen atoms in total. The molecule has 0 radical (unpaired) electrons. The molecule has 0 aliphatic heterocycles. The number of aromatic nitrogens is 2. The lowest BCUT2D eigenvalue weighted by molar-refractivity contribution is 0.648. The fourth-order valence-corrected chi connectivity index (χ4v) is 3.37. The molecule has 2 aromatic rings. The Morgan fingerprint density at radius 3 is 2.74 bits per heavy atom. The first-order valence-corrected chi connectivity index (χ1v) is 8.63. The van der Waals surface area contributed by atoms with Crippen LogP contribution in [0.25, 0.3) is 11.3 Å². The van der Waals surface area contributed by atoms with E-state index in [0.29, 0.717) is 12.6 Å². The van der Waals surface area contributed by atoms with Gasteiger partial charge in [-0.15, -0.1) is 0 Å². The number of rotatable bonds is 4. The topological polar surface area (TPSA) is 46.9 Å². The summed E-state index contributed by atoms with van der Waals surface area (Å²) in [6, 6.07) is 9.20. The van der Waals surface area contributed by atoms with E-state index in [9.17, 15) is 4.79 Å². The van der Waals surface area contributed by atoms with Gasteiger partial charge in [-0.05, 0) is 61.8 Å². The Bertz CT molecular complexity index is 790. The van der Waals surface area contributed by atoms with Gasteiger partial charge in [-0.25, -0.2) is 4.68 Å². The highest BCUT2D eigenvalue weighted by Crippen LogP contribution is 2.26. The number of nitrogens with one attached hydrogen (secondary N) is 1. The molecule has 4 rings (SSSR count). The van der Waals surface area contributed by atoms with Crippen molar-refractivity contribution in [1.29, 1.82) is 0 Å². The number of nitrogens with zero attached hydrogens (tertiary/aromatic N) is 2. The second kappa shape index (κ2) is 5.93. The van der Waals surface area contributed by atoms with E-state index in [1.165, 1.54) is 47.9 Å². The zero-order valence-electron chi connectivity index (χ0n) is 13.6. The molecule has 0 amide bonds. The van der Waals surface area contributed by atoms with Gasteiger partial charge in [-0.2, -0.15) is 5.10 Å². The zero-order chi connectivity index (χ0) is 15.8. The quantitative estimate of drug-likeness (QED) is 0.944. The average molecular weight is 309 g/mol. The first-order chi connectivity index (χ1) is 11.2. The van der Waals surface area contributed by atoms with Crippen LogP contribution in [0.2, 0.25) is 0 Å². The summed E-state index contributed by atoms with van der Waals surface area (Å²) in [5.74, 6) is 0. The summed E-state index contributed by atoms with van der Waals surface area (Å²) in [6.45, 7) is 0.637. The Labute approximate surface area is 136 Å². The molecular weight excluding hydrogens is 286 g/mol. The molecule has 1 N–H and O–H groups in total. The Balaban J connectivity index is 1.68. The maximum absolute atomic E-state index is 12.3. The highest BCUT2D eigenvalue weighted by Gasteiger charge is 2.21. The van der Waals surface area contributed by atoms with Crippen LogP contribution in [-0.4, -0.2) is 15.8 Å². The number of hydrogen-bond donors (Lipinski definition) is 1. The standard InChI is InChI=1S/C19H23N3O/c1-22-19(23)16(12-20-17-8-9-17)11-18(21-22)15-7-6-13-4-2-3-5-14(13)10-15/h6-7,10-11,17,20H,2-5,8-9,12H2,1H3. The van der Waals surface area contributed by atoms with E-state index in [0.717, 1.165) is 23.2 Å². The molecular formula is C19H23N3O. The molecule has 2 aliphatic carbocycles. The van der Waals surface area contributed by atoms with E-state index in [-0.39, 0.29) is 5.56 Å². The van der Waals surface area contributed by atoms with Crippen molar-refractivity contribution in [3.63, 3.8) is 0 Å². The fraction of sp³-hybridized carbons (Fsp3) is 0.474. The van der Waals surface area contributed by atoms with Gasteiger partial charge in [-0.3, -0.25) is 4.79 Å². The van der Waals surface area contributed by atoms with E-state index < -0.39 is 0 Å². The van der Waals surface area contributed by atoms with Crippen LogP contribution < -0.4 is 10.9 Å². The van der Waals surface area contributed by atoms with Crippen LogP contribution in [0.4, 0.5) is 0 Å². The van der Waals surface area contributed by atoms with Gasteiger partial charge < -0.3 is 5.32 Å². The second-order valence-corrected chi connectivity index (χ2v) is 6.83. The molecule has 4 heteroatoms. The molecule has 2 aliphatic rings. The lowest BCUT2D eigenvalue weighted by Crippen LogP contribution is -2.28. The maximum atomic E-state index is 12.3. The Kier molecular flexibility index (Phi) is 3.77. The van der Waals surface area contributed by atoms with Crippen LogP contribution in [0.5, 0.6) is 0 Å². The third kappa shape index (κ3) is 3.08. The van der Waals surface area contributed by atoms with Crippen LogP contribution in [0.1, 0.15) is 42.4 Å². The summed E-state index contributed by atoms with van der Waals surface area (Å²) in [4.78, 5) is 12.3. The van der Waals surface area contributed by atoms with Crippen molar-refractivity contribution in [2.75, 3.05) is 0 Å². The van der Waals surface area contributed by atoms with Crippen LogP contribution in [-0.2, 0) is 26.4 Å². The number of fused-ring (bicyclic) bond motifs is 1. The van der Waals surface area contributed by atoms with Crippen molar-refractivity contribution in [2.24, 2.45) is 7.05 Å². The van der Waals surface area contributed by atoms with E-state index >= 15 is 0 Å². The normalized spacial score (nSPS) is 17.1.